The Morgan fingerprint density at radius 1 is 1.15 bits per heavy atom. The average molecular weight is 418 g/mol. The summed E-state index contributed by atoms with van der Waals surface area (Å²) < 4.78 is 6.41. The Morgan fingerprint density at radius 2 is 1.88 bits per heavy atom. The van der Waals surface area contributed by atoms with E-state index in [4.69, 9.17) is 4.42 Å². The summed E-state index contributed by atoms with van der Waals surface area (Å²) in [5.41, 5.74) is 1.05. The van der Waals surface area contributed by atoms with Crippen LogP contribution in [0, 0.1) is 6.92 Å². The summed E-state index contributed by atoms with van der Waals surface area (Å²) >= 11 is 3.38. The Balaban J connectivity index is 1.99. The monoisotopic (exact) mass is 417 g/mol. The van der Waals surface area contributed by atoms with Crippen LogP contribution in [0.2, 0.25) is 0 Å². The third kappa shape index (κ3) is 3.28. The number of nitrogens with zero attached hydrogens (tertiary/aromatic N) is 2. The second-order valence-electron chi connectivity index (χ2n) is 5.96. The first-order valence-corrected chi connectivity index (χ1v) is 8.52. The van der Waals surface area contributed by atoms with E-state index in [0.29, 0.717) is 17.3 Å². The highest BCUT2D eigenvalue weighted by atomic mass is 79.9. The second kappa shape index (κ2) is 6.80. The lowest BCUT2D eigenvalue weighted by Gasteiger charge is -2.26. The number of barbiturate groups is 1. The van der Waals surface area contributed by atoms with Crippen molar-refractivity contribution in [1.29, 1.82) is 0 Å². The van der Waals surface area contributed by atoms with Crippen molar-refractivity contribution in [2.75, 3.05) is 23.9 Å². The SMILES string of the molecule is Cc1cc(N2C(=O)NC(=O)C(=Cc3ccc(N(C)C)o3)C2=O)ccc1Br. The minimum absolute atomic E-state index is 0.176. The zero-order valence-corrected chi connectivity index (χ0v) is 16.0. The van der Waals surface area contributed by atoms with Crippen molar-refractivity contribution >= 4 is 51.4 Å². The number of urea groups is 1. The Hall–Kier alpha value is -2.87. The number of nitrogens with one attached hydrogen (secondary N) is 1. The van der Waals surface area contributed by atoms with Crippen LogP contribution in [0.3, 0.4) is 0 Å². The largest absolute Gasteiger partial charge is 0.441 e. The third-order valence-corrected chi connectivity index (χ3v) is 4.73. The van der Waals surface area contributed by atoms with Crippen LogP contribution < -0.4 is 15.1 Å². The Bertz CT molecular complexity index is 946. The topological polar surface area (TPSA) is 82.9 Å². The third-order valence-electron chi connectivity index (χ3n) is 3.84. The zero-order valence-electron chi connectivity index (χ0n) is 14.4. The Kier molecular flexibility index (Phi) is 4.69. The minimum Gasteiger partial charge on any atom is -0.441 e. The molecule has 4 amide bonds. The Morgan fingerprint density at radius 3 is 2.50 bits per heavy atom. The van der Waals surface area contributed by atoms with Gasteiger partial charge in [-0.15, -0.1) is 0 Å². The molecule has 2 heterocycles. The number of anilines is 2. The fourth-order valence-corrected chi connectivity index (χ4v) is 2.71. The molecule has 1 N–H and O–H groups in total. The number of furan rings is 1. The summed E-state index contributed by atoms with van der Waals surface area (Å²) in [6, 6.07) is 7.63. The number of aryl methyl sites for hydroxylation is 1. The quantitative estimate of drug-likeness (QED) is 0.612. The number of benzene rings is 1. The van der Waals surface area contributed by atoms with Gasteiger partial charge in [0.25, 0.3) is 11.8 Å². The summed E-state index contributed by atoms with van der Waals surface area (Å²) in [6.07, 6.45) is 1.33. The van der Waals surface area contributed by atoms with E-state index < -0.39 is 17.8 Å². The van der Waals surface area contributed by atoms with Crippen molar-refractivity contribution in [3.05, 3.63) is 51.7 Å². The highest BCUT2D eigenvalue weighted by Gasteiger charge is 2.37. The van der Waals surface area contributed by atoms with Crippen molar-refractivity contribution in [2.24, 2.45) is 0 Å². The number of halogens is 1. The minimum atomic E-state index is -0.785. The van der Waals surface area contributed by atoms with Crippen LogP contribution in [-0.4, -0.2) is 31.9 Å². The molecule has 1 aliphatic heterocycles. The van der Waals surface area contributed by atoms with Crippen LogP contribution >= 0.6 is 15.9 Å². The van der Waals surface area contributed by atoms with E-state index in [-0.39, 0.29) is 5.57 Å². The van der Waals surface area contributed by atoms with Crippen molar-refractivity contribution < 1.29 is 18.8 Å². The van der Waals surface area contributed by atoms with Crippen molar-refractivity contribution in [1.82, 2.24) is 5.32 Å². The maximum atomic E-state index is 12.8. The molecule has 0 atom stereocenters. The smallest absolute Gasteiger partial charge is 0.335 e. The summed E-state index contributed by atoms with van der Waals surface area (Å²) in [4.78, 5) is 39.8. The molecule has 0 aliphatic carbocycles. The molecular weight excluding hydrogens is 402 g/mol. The molecule has 8 heteroatoms. The second-order valence-corrected chi connectivity index (χ2v) is 6.82. The molecule has 0 saturated carbocycles. The molecule has 1 aliphatic rings. The van der Waals surface area contributed by atoms with Crippen LogP contribution in [0.4, 0.5) is 16.4 Å². The number of carbonyl (C=O) groups is 3. The van der Waals surface area contributed by atoms with Crippen LogP contribution in [0.15, 0.2) is 44.8 Å². The van der Waals surface area contributed by atoms with Crippen molar-refractivity contribution in [2.45, 2.75) is 6.92 Å². The van der Waals surface area contributed by atoms with Gasteiger partial charge < -0.3 is 9.32 Å². The van der Waals surface area contributed by atoms with E-state index in [1.807, 2.05) is 21.0 Å². The van der Waals surface area contributed by atoms with Gasteiger partial charge in [-0.2, -0.15) is 0 Å². The van der Waals surface area contributed by atoms with E-state index >= 15 is 0 Å². The van der Waals surface area contributed by atoms with E-state index in [2.05, 4.69) is 21.2 Å². The Labute approximate surface area is 158 Å². The molecule has 26 heavy (non-hydrogen) atoms. The predicted molar refractivity (Wildman–Crippen MR) is 101 cm³/mol. The molecule has 0 unspecified atom stereocenters. The van der Waals surface area contributed by atoms with Crippen LogP contribution in [-0.2, 0) is 9.59 Å². The van der Waals surface area contributed by atoms with Gasteiger partial charge in [-0.25, -0.2) is 9.69 Å². The van der Waals surface area contributed by atoms with Gasteiger partial charge in [-0.3, -0.25) is 14.9 Å². The van der Waals surface area contributed by atoms with Gasteiger partial charge in [-0.05, 0) is 42.8 Å². The van der Waals surface area contributed by atoms with Gasteiger partial charge >= 0.3 is 6.03 Å². The van der Waals surface area contributed by atoms with Crippen molar-refractivity contribution in [3.63, 3.8) is 0 Å². The summed E-state index contributed by atoms with van der Waals surface area (Å²) in [6.45, 7) is 1.84. The zero-order chi connectivity index (χ0) is 19.0. The van der Waals surface area contributed by atoms with E-state index in [1.54, 1.807) is 35.2 Å². The van der Waals surface area contributed by atoms with Crippen LogP contribution in [0.1, 0.15) is 11.3 Å². The van der Waals surface area contributed by atoms with Gasteiger partial charge in [0.1, 0.15) is 11.3 Å². The van der Waals surface area contributed by atoms with Gasteiger partial charge in [0, 0.05) is 24.6 Å². The van der Waals surface area contributed by atoms with E-state index in [9.17, 15) is 14.4 Å². The lowest BCUT2D eigenvalue weighted by atomic mass is 10.1. The molecule has 134 valence electrons. The predicted octanol–water partition coefficient (Wildman–Crippen LogP) is 3.08. The highest BCUT2D eigenvalue weighted by molar-refractivity contribution is 9.10. The van der Waals surface area contributed by atoms with Crippen LogP contribution in [0.5, 0.6) is 0 Å². The van der Waals surface area contributed by atoms with Gasteiger partial charge in [0.2, 0.25) is 0 Å². The highest BCUT2D eigenvalue weighted by Crippen LogP contribution is 2.27. The van der Waals surface area contributed by atoms with Crippen molar-refractivity contribution in [3.8, 4) is 0 Å². The number of carbonyl (C=O) groups excluding carboxylic acids is 3. The summed E-state index contributed by atoms with van der Waals surface area (Å²) in [5, 5.41) is 2.19. The first-order valence-electron chi connectivity index (χ1n) is 7.72. The molecule has 7 nitrogen and oxygen atoms in total. The normalized spacial score (nSPS) is 16.2. The lowest BCUT2D eigenvalue weighted by Crippen LogP contribution is -2.54. The van der Waals surface area contributed by atoms with E-state index in [1.165, 1.54) is 6.08 Å². The van der Waals surface area contributed by atoms with Gasteiger partial charge in [-0.1, -0.05) is 15.9 Å². The fourth-order valence-electron chi connectivity index (χ4n) is 2.46. The molecule has 2 aromatic rings. The van der Waals surface area contributed by atoms with Gasteiger partial charge in [0.15, 0.2) is 5.88 Å². The number of rotatable bonds is 3. The first-order chi connectivity index (χ1) is 12.3. The number of hydrogen-bond acceptors (Lipinski definition) is 5. The fraction of sp³-hybridized carbons (Fsp3) is 0.167. The summed E-state index contributed by atoms with van der Waals surface area (Å²) in [7, 11) is 3.62. The van der Waals surface area contributed by atoms with Crippen LogP contribution in [0.25, 0.3) is 6.08 Å². The number of imide groups is 2. The molecule has 3 rings (SSSR count). The van der Waals surface area contributed by atoms with Gasteiger partial charge in [0.05, 0.1) is 5.69 Å². The molecule has 0 bridgehead atoms. The molecule has 0 spiro atoms. The maximum Gasteiger partial charge on any atom is 0.335 e. The standard InChI is InChI=1S/C18H16BrN3O4/c1-10-8-11(4-6-14(10)19)22-17(24)13(16(23)20-18(22)25)9-12-5-7-15(26-12)21(2)3/h4-9H,1-3H3,(H,20,23,25). The lowest BCUT2D eigenvalue weighted by molar-refractivity contribution is -0.122. The first kappa shape index (κ1) is 17.9. The van der Waals surface area contributed by atoms with E-state index in [0.717, 1.165) is 14.9 Å². The number of amides is 4. The maximum absolute atomic E-state index is 12.8. The molecule has 1 aromatic heterocycles. The molecule has 1 saturated heterocycles. The molecule has 1 fully saturated rings. The molecule has 0 radical (unpaired) electrons. The molecule has 1 aromatic carbocycles. The number of hydrogen-bond donors (Lipinski definition) is 1. The molecular formula is C18H16BrN3O4. The average Bonchev–Trinajstić information content (AvgIpc) is 3.03. The summed E-state index contributed by atoms with van der Waals surface area (Å²) in [5.74, 6) is -0.540.